The van der Waals surface area contributed by atoms with Crippen LogP contribution in [-0.2, 0) is 23.5 Å². The van der Waals surface area contributed by atoms with Crippen LogP contribution < -0.4 is 6.15 Å². The third kappa shape index (κ3) is 6.27. The molecule has 0 rings (SSSR count). The van der Waals surface area contributed by atoms with Crippen LogP contribution in [0.15, 0.2) is 0 Å². The van der Waals surface area contributed by atoms with E-state index in [0.717, 1.165) is 0 Å². The quantitative estimate of drug-likeness (QED) is 0.313. The fourth-order valence-corrected chi connectivity index (χ4v) is 1.70. The molecule has 0 aliphatic carbocycles. The van der Waals surface area contributed by atoms with Gasteiger partial charge in [0.15, 0.2) is 5.60 Å². The lowest BCUT2D eigenvalue weighted by Crippen LogP contribution is -2.44. The molecule has 8 N–H and O–H groups in total. The van der Waals surface area contributed by atoms with E-state index in [2.05, 4.69) is 4.52 Å². The maximum atomic E-state index is 10.8. The van der Waals surface area contributed by atoms with Crippen molar-refractivity contribution >= 4 is 25.7 Å². The van der Waals surface area contributed by atoms with Crippen LogP contribution in [0, 0.1) is 0 Å². The van der Waals surface area contributed by atoms with Crippen molar-refractivity contribution in [3.05, 3.63) is 0 Å². The minimum atomic E-state index is -5.36. The molecule has 11 nitrogen and oxygen atoms in total. The first-order chi connectivity index (χ1) is 7.48. The van der Waals surface area contributed by atoms with E-state index in [-0.39, 0.29) is 6.15 Å². The molecule has 0 fully saturated rings. The second kappa shape index (κ2) is 6.42. The Labute approximate surface area is 99.8 Å². The molecular weight excluding hydrogens is 277 g/mol. The van der Waals surface area contributed by atoms with Crippen LogP contribution in [-0.4, -0.2) is 48.6 Å². The van der Waals surface area contributed by atoms with E-state index in [1.54, 1.807) is 0 Å². The van der Waals surface area contributed by atoms with Gasteiger partial charge in [-0.3, -0.25) is 14.1 Å². The van der Waals surface area contributed by atoms with Gasteiger partial charge in [-0.1, -0.05) is 0 Å². The molecule has 0 saturated carbocycles. The van der Waals surface area contributed by atoms with Gasteiger partial charge in [0, 0.05) is 0 Å². The fourth-order valence-electron chi connectivity index (χ4n) is 1.03. The number of phosphoric acid groups is 1. The Kier molecular flexibility index (Phi) is 6.72. The summed E-state index contributed by atoms with van der Waals surface area (Å²) < 4.78 is 14.4. The van der Waals surface area contributed by atoms with Gasteiger partial charge < -0.3 is 31.3 Å². The number of carbonyl (C=O) groups is 3. The van der Waals surface area contributed by atoms with Crippen LogP contribution in [0.3, 0.4) is 0 Å². The van der Waals surface area contributed by atoms with E-state index in [1.165, 1.54) is 0 Å². The van der Waals surface area contributed by atoms with Crippen molar-refractivity contribution in [2.24, 2.45) is 0 Å². The predicted molar refractivity (Wildman–Crippen MR) is 53.0 cm³/mol. The lowest BCUT2D eigenvalue weighted by Gasteiger charge is -2.26. The maximum absolute atomic E-state index is 10.8. The van der Waals surface area contributed by atoms with Gasteiger partial charge in [-0.25, -0.2) is 9.36 Å². The van der Waals surface area contributed by atoms with Crippen molar-refractivity contribution < 1.29 is 48.6 Å². The van der Waals surface area contributed by atoms with Crippen LogP contribution in [0.1, 0.15) is 12.8 Å². The maximum Gasteiger partial charge on any atom is 0.470 e. The zero-order valence-corrected chi connectivity index (χ0v) is 9.74. The first-order valence-electron chi connectivity index (χ1n) is 3.92. The number of hydrogen-bond acceptors (Lipinski definition) is 6. The second-order valence-corrected chi connectivity index (χ2v) is 4.19. The van der Waals surface area contributed by atoms with Crippen molar-refractivity contribution in [3.8, 4) is 0 Å². The summed E-state index contributed by atoms with van der Waals surface area (Å²) in [7, 11) is -5.36. The molecule has 0 bridgehead atoms. The Hall–Kier alpha value is -1.52. The summed E-state index contributed by atoms with van der Waals surface area (Å²) in [6.07, 6.45) is -2.81. The molecule has 18 heavy (non-hydrogen) atoms. The van der Waals surface area contributed by atoms with Gasteiger partial charge in [0.05, 0.1) is 12.8 Å². The monoisotopic (exact) mass is 289 g/mol. The average molecular weight is 289 g/mol. The molecule has 0 aromatic rings. The lowest BCUT2D eigenvalue weighted by molar-refractivity contribution is -0.168. The molecule has 0 atom stereocenters. The highest BCUT2D eigenvalue weighted by Crippen LogP contribution is 2.44. The highest BCUT2D eigenvalue weighted by Gasteiger charge is 2.49. The molecule has 0 aliphatic heterocycles. The predicted octanol–water partition coefficient (Wildman–Crippen LogP) is -0.970. The molecule has 0 saturated heterocycles. The average Bonchev–Trinajstić information content (AvgIpc) is 1.96. The zero-order valence-electron chi connectivity index (χ0n) is 8.85. The van der Waals surface area contributed by atoms with Gasteiger partial charge >= 0.3 is 25.7 Å². The van der Waals surface area contributed by atoms with Gasteiger partial charge in [-0.2, -0.15) is 0 Å². The van der Waals surface area contributed by atoms with Crippen molar-refractivity contribution in [2.75, 3.05) is 0 Å². The molecule has 0 heterocycles. The molecule has 0 aromatic heterocycles. The molecule has 0 aliphatic rings. The van der Waals surface area contributed by atoms with Crippen molar-refractivity contribution in [2.45, 2.75) is 18.4 Å². The van der Waals surface area contributed by atoms with Crippen molar-refractivity contribution in [1.29, 1.82) is 0 Å². The molecule has 0 aromatic carbocycles. The van der Waals surface area contributed by atoms with E-state index in [9.17, 15) is 18.9 Å². The van der Waals surface area contributed by atoms with Crippen molar-refractivity contribution in [3.63, 3.8) is 0 Å². The van der Waals surface area contributed by atoms with E-state index < -0.39 is 44.2 Å². The number of hydrogen-bond donors (Lipinski definition) is 6. The molecular formula is C6H12NO10P. The Bertz CT molecular complexity index is 370. The fraction of sp³-hybridized carbons (Fsp3) is 0.500. The Morgan fingerprint density at radius 1 is 1.00 bits per heavy atom. The van der Waals surface area contributed by atoms with Crippen LogP contribution in [0.25, 0.3) is 0 Å². The summed E-state index contributed by atoms with van der Waals surface area (Å²) >= 11 is 0. The normalized spacial score (nSPS) is 11.4. The Morgan fingerprint density at radius 2 is 1.33 bits per heavy atom. The summed E-state index contributed by atoms with van der Waals surface area (Å²) in [5.74, 6) is -5.64. The highest BCUT2D eigenvalue weighted by molar-refractivity contribution is 7.46. The van der Waals surface area contributed by atoms with Gasteiger partial charge in [0.2, 0.25) is 0 Å². The highest BCUT2D eigenvalue weighted by atomic mass is 31.2. The first kappa shape index (κ1) is 18.8. The number of carboxylic acids is 3. The number of rotatable bonds is 7. The van der Waals surface area contributed by atoms with E-state index in [1.807, 2.05) is 0 Å². The Balaban J connectivity index is 0. The first-order valence-corrected chi connectivity index (χ1v) is 5.45. The Morgan fingerprint density at radius 3 is 1.50 bits per heavy atom. The molecule has 106 valence electrons. The summed E-state index contributed by atoms with van der Waals surface area (Å²) in [4.78, 5) is 48.5. The van der Waals surface area contributed by atoms with Crippen LogP contribution in [0.4, 0.5) is 0 Å². The molecule has 0 radical (unpaired) electrons. The van der Waals surface area contributed by atoms with Gasteiger partial charge in [-0.05, 0) is 0 Å². The van der Waals surface area contributed by atoms with Gasteiger partial charge in [0.25, 0.3) is 0 Å². The third-order valence-corrected chi connectivity index (χ3v) is 2.14. The van der Waals surface area contributed by atoms with E-state index >= 15 is 0 Å². The molecule has 0 amide bonds. The van der Waals surface area contributed by atoms with Gasteiger partial charge in [0.1, 0.15) is 0 Å². The third-order valence-electron chi connectivity index (χ3n) is 1.56. The van der Waals surface area contributed by atoms with E-state index in [0.29, 0.717) is 0 Å². The molecule has 0 unspecified atom stereocenters. The van der Waals surface area contributed by atoms with Crippen molar-refractivity contribution in [1.82, 2.24) is 6.15 Å². The van der Waals surface area contributed by atoms with Gasteiger partial charge in [-0.15, -0.1) is 0 Å². The summed E-state index contributed by atoms with van der Waals surface area (Å²) in [5.41, 5.74) is -3.02. The molecule has 0 spiro atoms. The van der Waals surface area contributed by atoms with Crippen LogP contribution in [0.2, 0.25) is 0 Å². The summed E-state index contributed by atoms with van der Waals surface area (Å²) in [6, 6.07) is 0. The smallest absolute Gasteiger partial charge is 0.470 e. The molecule has 12 heteroatoms. The lowest BCUT2D eigenvalue weighted by atomic mass is 9.96. The largest absolute Gasteiger partial charge is 0.481 e. The number of carboxylic acid groups (broad SMARTS) is 3. The summed E-state index contributed by atoms with van der Waals surface area (Å²) in [6.45, 7) is 0. The standard InChI is InChI=1S/C6H9O10P.H3N/c7-3(8)1-6(5(11)12,2-4(9)10)16-17(13,14)15;/h1-2H2,(H,7,8)(H,9,10)(H,11,12)(H2,13,14,15);1H3. The SMILES string of the molecule is N.O=C(O)CC(CC(=O)O)(OP(=O)(O)O)C(=O)O. The van der Waals surface area contributed by atoms with E-state index in [4.69, 9.17) is 25.1 Å². The summed E-state index contributed by atoms with van der Waals surface area (Å²) in [5, 5.41) is 25.5. The van der Waals surface area contributed by atoms with Crippen LogP contribution in [0.5, 0.6) is 0 Å². The minimum Gasteiger partial charge on any atom is -0.481 e. The minimum absolute atomic E-state index is 0. The number of aliphatic carboxylic acids is 3. The topological polar surface area (TPSA) is 214 Å². The zero-order chi connectivity index (χ0) is 13.9. The van der Waals surface area contributed by atoms with Crippen LogP contribution >= 0.6 is 7.82 Å². The number of phosphoric ester groups is 1. The second-order valence-electron chi connectivity index (χ2n) is 3.02.